The molecule has 0 unspecified atom stereocenters. The van der Waals surface area contributed by atoms with Gasteiger partial charge in [0.15, 0.2) is 5.03 Å². The molecule has 6 atom stereocenters. The standard InChI is InChI=1S/C26H45BN6O7/c1-15(2)12-21(27-39-20-14-17-13-19(25(17,4)5)26(20,6)40-27)31-23(36)18(30-22(35)10-9-16(3)34)8-7-11-29-24(28)32-33(37)38/h15,17-21H,7-14H2,1-6H3,(H,30,35)(H,31,36)(H3,28,29,32)/t17-,18+,19-,20-,21+,26+/m1/s1. The minimum atomic E-state index is -0.903. The maximum Gasteiger partial charge on any atom is 0.481 e. The first-order valence-electron chi connectivity index (χ1n) is 14.3. The van der Waals surface area contributed by atoms with E-state index in [1.807, 2.05) is 0 Å². The van der Waals surface area contributed by atoms with Crippen molar-refractivity contribution in [3.05, 3.63) is 10.1 Å². The number of hydrazine groups is 1. The van der Waals surface area contributed by atoms with Crippen LogP contribution in [0.2, 0.25) is 0 Å². The van der Waals surface area contributed by atoms with E-state index < -0.39 is 35.6 Å². The number of ketones is 1. The first kappa shape index (κ1) is 31.8. The molecule has 14 heteroatoms. The Labute approximate surface area is 236 Å². The third-order valence-electron chi connectivity index (χ3n) is 8.85. The highest BCUT2D eigenvalue weighted by molar-refractivity contribution is 6.48. The summed E-state index contributed by atoms with van der Waals surface area (Å²) in [7, 11) is -0.608. The summed E-state index contributed by atoms with van der Waals surface area (Å²) in [4.78, 5) is 51.8. The molecule has 40 heavy (non-hydrogen) atoms. The smallest absolute Gasteiger partial charge is 0.404 e. The van der Waals surface area contributed by atoms with E-state index in [1.54, 1.807) is 5.43 Å². The Morgan fingerprint density at radius 2 is 1.88 bits per heavy atom. The Kier molecular flexibility index (Phi) is 10.2. The molecule has 5 N–H and O–H groups in total. The van der Waals surface area contributed by atoms with Crippen LogP contribution < -0.4 is 21.8 Å². The Bertz CT molecular complexity index is 1010. The van der Waals surface area contributed by atoms with Gasteiger partial charge in [0.25, 0.3) is 5.96 Å². The second-order valence-electron chi connectivity index (χ2n) is 12.7. The Balaban J connectivity index is 1.69. The molecule has 1 heterocycles. The Morgan fingerprint density at radius 1 is 1.18 bits per heavy atom. The van der Waals surface area contributed by atoms with Crippen LogP contribution in [0.5, 0.6) is 0 Å². The number of nitro groups is 1. The summed E-state index contributed by atoms with van der Waals surface area (Å²) < 4.78 is 13.1. The van der Waals surface area contributed by atoms with Crippen molar-refractivity contribution in [1.82, 2.24) is 16.1 Å². The number of carbonyl (C=O) groups excluding carboxylic acids is 3. The van der Waals surface area contributed by atoms with Crippen LogP contribution in [0.1, 0.15) is 86.5 Å². The first-order valence-corrected chi connectivity index (χ1v) is 14.3. The second kappa shape index (κ2) is 12.8. The lowest BCUT2D eigenvalue weighted by Gasteiger charge is -2.64. The molecule has 4 fully saturated rings. The quantitative estimate of drug-likeness (QED) is 0.0606. The van der Waals surface area contributed by atoms with Crippen LogP contribution in [0.3, 0.4) is 0 Å². The van der Waals surface area contributed by atoms with Gasteiger partial charge in [-0.1, -0.05) is 33.1 Å². The normalized spacial score (nSPS) is 28.2. The fraction of sp³-hybridized carbons (Fsp3) is 0.846. The summed E-state index contributed by atoms with van der Waals surface area (Å²) in [6.45, 7) is 12.4. The van der Waals surface area contributed by atoms with Gasteiger partial charge in [-0.25, -0.2) is 15.1 Å². The topological polar surface area (TPSA) is 187 Å². The summed E-state index contributed by atoms with van der Waals surface area (Å²) in [5.74, 6) is -0.472. The number of aliphatic imine (C=N–C) groups is 1. The molecule has 4 aliphatic rings. The van der Waals surface area contributed by atoms with Gasteiger partial charge in [-0.2, -0.15) is 0 Å². The van der Waals surface area contributed by atoms with Crippen molar-refractivity contribution in [3.8, 4) is 0 Å². The number of Topliss-reactive ketones (excluding diaryl/α,β-unsaturated/α-hetero) is 1. The van der Waals surface area contributed by atoms with Gasteiger partial charge < -0.3 is 30.5 Å². The molecule has 224 valence electrons. The van der Waals surface area contributed by atoms with Crippen LogP contribution in [-0.4, -0.2) is 65.9 Å². The number of carbonyl (C=O) groups is 3. The maximum atomic E-state index is 13.5. The van der Waals surface area contributed by atoms with E-state index in [0.717, 1.165) is 12.8 Å². The van der Waals surface area contributed by atoms with Crippen molar-refractivity contribution in [3.63, 3.8) is 0 Å². The van der Waals surface area contributed by atoms with Crippen LogP contribution in [0.25, 0.3) is 0 Å². The van der Waals surface area contributed by atoms with Crippen LogP contribution in [0.15, 0.2) is 4.99 Å². The highest BCUT2D eigenvalue weighted by Gasteiger charge is 2.68. The van der Waals surface area contributed by atoms with Gasteiger partial charge in [0.05, 0.1) is 17.6 Å². The predicted molar refractivity (Wildman–Crippen MR) is 149 cm³/mol. The maximum absolute atomic E-state index is 13.5. The van der Waals surface area contributed by atoms with Crippen LogP contribution in [-0.2, 0) is 23.7 Å². The van der Waals surface area contributed by atoms with Gasteiger partial charge in [-0.15, -0.1) is 0 Å². The van der Waals surface area contributed by atoms with Crippen LogP contribution in [0.4, 0.5) is 0 Å². The number of hydrogen-bond donors (Lipinski definition) is 4. The monoisotopic (exact) mass is 564 g/mol. The molecule has 1 aliphatic heterocycles. The lowest BCUT2D eigenvalue weighted by Crippen LogP contribution is -2.65. The van der Waals surface area contributed by atoms with Gasteiger partial charge in [0.1, 0.15) is 11.8 Å². The first-order chi connectivity index (χ1) is 18.6. The summed E-state index contributed by atoms with van der Waals surface area (Å²) in [6, 6.07) is -0.903. The number of guanidine groups is 1. The van der Waals surface area contributed by atoms with E-state index in [4.69, 9.17) is 15.0 Å². The van der Waals surface area contributed by atoms with Crippen LogP contribution >= 0.6 is 0 Å². The average Bonchev–Trinajstić information content (AvgIpc) is 3.20. The molecule has 2 amide bonds. The molecule has 1 saturated heterocycles. The van der Waals surface area contributed by atoms with Crippen LogP contribution in [0, 0.1) is 33.3 Å². The molecule has 0 aromatic rings. The van der Waals surface area contributed by atoms with Crippen molar-refractivity contribution in [2.45, 2.75) is 110 Å². The van der Waals surface area contributed by atoms with Crippen molar-refractivity contribution in [1.29, 1.82) is 0 Å². The Hall–Kier alpha value is -2.74. The fourth-order valence-corrected chi connectivity index (χ4v) is 6.55. The molecule has 0 aromatic heterocycles. The minimum absolute atomic E-state index is 0.0282. The number of hydrogen-bond acceptors (Lipinski definition) is 8. The van der Waals surface area contributed by atoms with Gasteiger partial charge >= 0.3 is 7.12 Å². The van der Waals surface area contributed by atoms with E-state index in [-0.39, 0.29) is 60.9 Å². The predicted octanol–water partition coefficient (Wildman–Crippen LogP) is 1.52. The van der Waals surface area contributed by atoms with Gasteiger partial charge in [0, 0.05) is 19.4 Å². The summed E-state index contributed by atoms with van der Waals surface area (Å²) in [5, 5.41) is 15.5. The number of nitrogens with two attached hydrogens (primary N) is 1. The van der Waals surface area contributed by atoms with Crippen molar-refractivity contribution in [2.24, 2.45) is 33.9 Å². The van der Waals surface area contributed by atoms with E-state index >= 15 is 0 Å². The molecule has 0 aromatic carbocycles. The average molecular weight is 564 g/mol. The zero-order chi connectivity index (χ0) is 29.8. The highest BCUT2D eigenvalue weighted by atomic mass is 16.7. The molecule has 13 nitrogen and oxygen atoms in total. The van der Waals surface area contributed by atoms with Crippen molar-refractivity contribution >= 4 is 30.7 Å². The van der Waals surface area contributed by atoms with Gasteiger partial charge in [-0.05, 0) is 69.1 Å². The lowest BCUT2D eigenvalue weighted by atomic mass is 9.43. The van der Waals surface area contributed by atoms with E-state index in [0.29, 0.717) is 24.7 Å². The minimum Gasteiger partial charge on any atom is -0.404 e. The summed E-state index contributed by atoms with van der Waals surface area (Å²) in [6.07, 6.45) is 3.23. The molecule has 3 aliphatic carbocycles. The lowest BCUT2D eigenvalue weighted by molar-refractivity contribution is -0.525. The molecule has 4 rings (SSSR count). The molecule has 0 radical (unpaired) electrons. The number of amides is 2. The van der Waals surface area contributed by atoms with Crippen molar-refractivity contribution < 1.29 is 28.7 Å². The molecule has 2 bridgehead atoms. The third-order valence-corrected chi connectivity index (χ3v) is 8.85. The second-order valence-corrected chi connectivity index (χ2v) is 12.7. The molecule has 3 saturated carbocycles. The van der Waals surface area contributed by atoms with Gasteiger partial charge in [-0.3, -0.25) is 9.59 Å². The SMILES string of the molecule is CC(=O)CCC(=O)N[C@@H](CCCN=C(N)N[N+](=O)[O-])C(=O)N[C@@H](CC(C)C)B1O[C@@H]2C[C@H]3C[C@H](C3(C)C)[C@]2(C)O1. The number of nitrogens with one attached hydrogen (secondary N) is 3. The number of rotatable bonds is 14. The van der Waals surface area contributed by atoms with Crippen molar-refractivity contribution in [2.75, 3.05) is 6.54 Å². The molecular formula is C26H45BN6O7. The summed E-state index contributed by atoms with van der Waals surface area (Å²) >= 11 is 0. The number of nitrogens with zero attached hydrogens (tertiary/aromatic N) is 2. The van der Waals surface area contributed by atoms with E-state index in [1.165, 1.54) is 6.92 Å². The fourth-order valence-electron chi connectivity index (χ4n) is 6.55. The van der Waals surface area contributed by atoms with E-state index in [9.17, 15) is 24.5 Å². The largest absolute Gasteiger partial charge is 0.481 e. The van der Waals surface area contributed by atoms with Gasteiger partial charge in [0.2, 0.25) is 11.8 Å². The Morgan fingerprint density at radius 3 is 2.48 bits per heavy atom. The summed E-state index contributed by atoms with van der Waals surface area (Å²) in [5.41, 5.74) is 7.00. The third kappa shape index (κ3) is 7.51. The molecular weight excluding hydrogens is 519 g/mol. The van der Waals surface area contributed by atoms with E-state index in [2.05, 4.69) is 50.2 Å². The molecule has 0 spiro atoms. The zero-order valence-corrected chi connectivity index (χ0v) is 24.5. The zero-order valence-electron chi connectivity index (χ0n) is 24.5. The highest BCUT2D eigenvalue weighted by Crippen LogP contribution is 2.65.